The molecule has 1 amide bonds. The quantitative estimate of drug-likeness (QED) is 0.820. The number of carbonyl (C=O) groups is 1. The number of benzene rings is 1. The summed E-state index contributed by atoms with van der Waals surface area (Å²) in [6.07, 6.45) is 5.09. The van der Waals surface area contributed by atoms with Crippen LogP contribution in [0.1, 0.15) is 32.1 Å². The Morgan fingerprint density at radius 1 is 1.25 bits per heavy atom. The second-order valence-corrected chi connectivity index (χ2v) is 6.78. The van der Waals surface area contributed by atoms with Gasteiger partial charge in [-0.2, -0.15) is 0 Å². The standard InChI is InChI=1S/C15H20ClNO2S/c16-12-4-6-13(7-5-12)20-10-14(19)17-15(11-18)8-2-1-3-9-15/h4-7,18H,1-3,8-11H2,(H,17,19). The van der Waals surface area contributed by atoms with Gasteiger partial charge in [-0.1, -0.05) is 30.9 Å². The number of rotatable bonds is 5. The Bertz CT molecular complexity index is 444. The summed E-state index contributed by atoms with van der Waals surface area (Å²) in [6.45, 7) is 0.0321. The summed E-state index contributed by atoms with van der Waals surface area (Å²) in [5.74, 6) is 0.351. The second kappa shape index (κ2) is 7.34. The molecule has 0 aliphatic heterocycles. The Kier molecular flexibility index (Phi) is 5.75. The SMILES string of the molecule is O=C(CSc1ccc(Cl)cc1)NC1(CO)CCCCC1. The van der Waals surface area contributed by atoms with Gasteiger partial charge in [0.25, 0.3) is 0 Å². The molecule has 0 radical (unpaired) electrons. The van der Waals surface area contributed by atoms with Gasteiger partial charge in [-0.05, 0) is 37.1 Å². The topological polar surface area (TPSA) is 49.3 Å². The average molecular weight is 314 g/mol. The first kappa shape index (κ1) is 15.7. The lowest BCUT2D eigenvalue weighted by Crippen LogP contribution is -2.53. The van der Waals surface area contributed by atoms with Crippen LogP contribution in [0.25, 0.3) is 0 Å². The highest BCUT2D eigenvalue weighted by Gasteiger charge is 2.32. The number of aliphatic hydroxyl groups is 1. The van der Waals surface area contributed by atoms with E-state index < -0.39 is 5.54 Å². The second-order valence-electron chi connectivity index (χ2n) is 5.29. The van der Waals surface area contributed by atoms with E-state index in [9.17, 15) is 9.90 Å². The molecule has 0 bridgehead atoms. The monoisotopic (exact) mass is 313 g/mol. The molecule has 0 heterocycles. The first-order valence-electron chi connectivity index (χ1n) is 6.94. The number of halogens is 1. The Hall–Kier alpha value is -0.710. The van der Waals surface area contributed by atoms with Crippen LogP contribution < -0.4 is 5.32 Å². The van der Waals surface area contributed by atoms with Crippen LogP contribution in [0.3, 0.4) is 0 Å². The molecule has 1 aromatic carbocycles. The molecule has 1 saturated carbocycles. The summed E-state index contributed by atoms with van der Waals surface area (Å²) in [7, 11) is 0. The molecule has 0 unspecified atom stereocenters. The molecule has 5 heteroatoms. The van der Waals surface area contributed by atoms with E-state index in [-0.39, 0.29) is 12.5 Å². The first-order chi connectivity index (χ1) is 9.63. The van der Waals surface area contributed by atoms with Crippen molar-refractivity contribution in [2.24, 2.45) is 0 Å². The minimum absolute atomic E-state index is 0.0131. The average Bonchev–Trinajstić information content (AvgIpc) is 2.47. The van der Waals surface area contributed by atoms with Gasteiger partial charge in [-0.15, -0.1) is 11.8 Å². The van der Waals surface area contributed by atoms with Crippen LogP contribution in [0.4, 0.5) is 0 Å². The third-order valence-corrected chi connectivity index (χ3v) is 4.97. The smallest absolute Gasteiger partial charge is 0.230 e. The van der Waals surface area contributed by atoms with Crippen LogP contribution in [-0.4, -0.2) is 28.9 Å². The third kappa shape index (κ3) is 4.40. The Morgan fingerprint density at radius 3 is 2.50 bits per heavy atom. The molecule has 0 saturated heterocycles. The first-order valence-corrected chi connectivity index (χ1v) is 8.30. The van der Waals surface area contributed by atoms with Crippen LogP contribution in [0.2, 0.25) is 5.02 Å². The lowest BCUT2D eigenvalue weighted by molar-refractivity contribution is -0.121. The van der Waals surface area contributed by atoms with Crippen molar-refractivity contribution in [3.8, 4) is 0 Å². The fraction of sp³-hybridized carbons (Fsp3) is 0.533. The molecule has 1 fully saturated rings. The molecule has 110 valence electrons. The van der Waals surface area contributed by atoms with Gasteiger partial charge in [0.05, 0.1) is 17.9 Å². The lowest BCUT2D eigenvalue weighted by Gasteiger charge is -2.36. The van der Waals surface area contributed by atoms with Crippen molar-refractivity contribution in [1.82, 2.24) is 5.32 Å². The van der Waals surface area contributed by atoms with Crippen LogP contribution in [-0.2, 0) is 4.79 Å². The molecule has 2 rings (SSSR count). The van der Waals surface area contributed by atoms with E-state index in [0.717, 1.165) is 30.6 Å². The van der Waals surface area contributed by atoms with E-state index in [0.29, 0.717) is 10.8 Å². The number of thioether (sulfide) groups is 1. The van der Waals surface area contributed by atoms with Crippen molar-refractivity contribution in [3.63, 3.8) is 0 Å². The van der Waals surface area contributed by atoms with Gasteiger partial charge in [0.15, 0.2) is 0 Å². The van der Waals surface area contributed by atoms with Gasteiger partial charge >= 0.3 is 0 Å². The zero-order valence-electron chi connectivity index (χ0n) is 11.4. The Balaban J connectivity index is 1.83. The predicted octanol–water partition coefficient (Wildman–Crippen LogP) is 3.24. The maximum Gasteiger partial charge on any atom is 0.230 e. The van der Waals surface area contributed by atoms with Crippen LogP contribution in [0, 0.1) is 0 Å². The number of hydrogen-bond acceptors (Lipinski definition) is 3. The van der Waals surface area contributed by atoms with Crippen molar-refractivity contribution in [3.05, 3.63) is 29.3 Å². The fourth-order valence-electron chi connectivity index (χ4n) is 2.56. The van der Waals surface area contributed by atoms with E-state index >= 15 is 0 Å². The van der Waals surface area contributed by atoms with Gasteiger partial charge < -0.3 is 10.4 Å². The zero-order chi connectivity index (χ0) is 14.4. The summed E-state index contributed by atoms with van der Waals surface area (Å²) in [6, 6.07) is 7.45. The summed E-state index contributed by atoms with van der Waals surface area (Å²) in [4.78, 5) is 13.1. The van der Waals surface area contributed by atoms with Gasteiger partial charge in [0.2, 0.25) is 5.91 Å². The largest absolute Gasteiger partial charge is 0.394 e. The molecule has 2 N–H and O–H groups in total. The van der Waals surface area contributed by atoms with Crippen molar-refractivity contribution >= 4 is 29.3 Å². The molecule has 1 aliphatic rings. The molecule has 1 aliphatic carbocycles. The summed E-state index contributed by atoms with van der Waals surface area (Å²) in [5, 5.41) is 13.3. The highest BCUT2D eigenvalue weighted by atomic mass is 35.5. The maximum absolute atomic E-state index is 12.0. The van der Waals surface area contributed by atoms with E-state index in [4.69, 9.17) is 11.6 Å². The highest BCUT2D eigenvalue weighted by Crippen LogP contribution is 2.28. The fourth-order valence-corrected chi connectivity index (χ4v) is 3.39. The summed E-state index contributed by atoms with van der Waals surface area (Å²) >= 11 is 7.31. The van der Waals surface area contributed by atoms with Crippen molar-refractivity contribution < 1.29 is 9.90 Å². The minimum atomic E-state index is -0.393. The number of amides is 1. The summed E-state index contributed by atoms with van der Waals surface area (Å²) in [5.41, 5.74) is -0.393. The van der Waals surface area contributed by atoms with Gasteiger partial charge in [-0.25, -0.2) is 0 Å². The Labute approximate surface area is 129 Å². The van der Waals surface area contributed by atoms with E-state index in [2.05, 4.69) is 5.32 Å². The molecule has 0 aromatic heterocycles. The number of nitrogens with one attached hydrogen (secondary N) is 1. The maximum atomic E-state index is 12.0. The minimum Gasteiger partial charge on any atom is -0.394 e. The van der Waals surface area contributed by atoms with Crippen LogP contribution in [0.15, 0.2) is 29.2 Å². The van der Waals surface area contributed by atoms with Crippen LogP contribution >= 0.6 is 23.4 Å². The molecule has 20 heavy (non-hydrogen) atoms. The van der Waals surface area contributed by atoms with Crippen molar-refractivity contribution in [2.45, 2.75) is 42.5 Å². The van der Waals surface area contributed by atoms with E-state index in [1.165, 1.54) is 18.2 Å². The summed E-state index contributed by atoms with van der Waals surface area (Å²) < 4.78 is 0. The number of carbonyl (C=O) groups excluding carboxylic acids is 1. The van der Waals surface area contributed by atoms with E-state index in [1.807, 2.05) is 24.3 Å². The van der Waals surface area contributed by atoms with Gasteiger partial charge in [-0.3, -0.25) is 4.79 Å². The molecule has 1 aromatic rings. The lowest BCUT2D eigenvalue weighted by atomic mass is 9.82. The molecular weight excluding hydrogens is 294 g/mol. The molecular formula is C15H20ClNO2S. The molecule has 0 spiro atoms. The van der Waals surface area contributed by atoms with Crippen LogP contribution in [0.5, 0.6) is 0 Å². The Morgan fingerprint density at radius 2 is 1.90 bits per heavy atom. The number of hydrogen-bond donors (Lipinski definition) is 2. The predicted molar refractivity (Wildman–Crippen MR) is 83.2 cm³/mol. The highest BCUT2D eigenvalue weighted by molar-refractivity contribution is 8.00. The molecule has 3 nitrogen and oxygen atoms in total. The van der Waals surface area contributed by atoms with Crippen molar-refractivity contribution in [2.75, 3.05) is 12.4 Å². The van der Waals surface area contributed by atoms with E-state index in [1.54, 1.807) is 0 Å². The molecule has 0 atom stereocenters. The number of aliphatic hydroxyl groups excluding tert-OH is 1. The van der Waals surface area contributed by atoms with Gasteiger partial charge in [0.1, 0.15) is 0 Å². The van der Waals surface area contributed by atoms with Crippen molar-refractivity contribution in [1.29, 1.82) is 0 Å². The normalized spacial score (nSPS) is 17.7. The van der Waals surface area contributed by atoms with Gasteiger partial charge in [0, 0.05) is 9.92 Å². The zero-order valence-corrected chi connectivity index (χ0v) is 13.0. The third-order valence-electron chi connectivity index (χ3n) is 3.70.